The molecule has 1 aromatic heterocycles. The van der Waals surface area contributed by atoms with Crippen LogP contribution in [0.15, 0.2) is 78.9 Å². The van der Waals surface area contributed by atoms with Gasteiger partial charge in [-0.15, -0.1) is 0 Å². The number of carbonyl (C=O) groups is 1. The third kappa shape index (κ3) is 4.30. The van der Waals surface area contributed by atoms with Crippen LogP contribution in [0, 0.1) is 10.1 Å². The maximum atomic E-state index is 13.2. The first-order valence-electron chi connectivity index (χ1n) is 10.1. The highest BCUT2D eigenvalue weighted by atomic mass is 16.6. The molecule has 0 radical (unpaired) electrons. The van der Waals surface area contributed by atoms with E-state index in [0.29, 0.717) is 23.3 Å². The highest BCUT2D eigenvalue weighted by Gasteiger charge is 2.25. The van der Waals surface area contributed by atoms with Crippen LogP contribution in [0.4, 0.5) is 5.69 Å². The van der Waals surface area contributed by atoms with Crippen molar-refractivity contribution in [3.05, 3.63) is 106 Å². The van der Waals surface area contributed by atoms with Crippen LogP contribution in [0.3, 0.4) is 0 Å². The SMILES string of the molecule is CCC(C(=O)NC(c1ccccc1)c1nc2ccc([N+](=O)[O-])cc2[nH]1)c1ccccc1. The largest absolute Gasteiger partial charge is 0.342 e. The van der Waals surface area contributed by atoms with Gasteiger partial charge in [0.05, 0.1) is 21.9 Å². The maximum absolute atomic E-state index is 13.2. The molecule has 7 heteroatoms. The summed E-state index contributed by atoms with van der Waals surface area (Å²) in [5.74, 6) is 0.129. The van der Waals surface area contributed by atoms with E-state index in [1.54, 1.807) is 6.07 Å². The van der Waals surface area contributed by atoms with E-state index < -0.39 is 11.0 Å². The van der Waals surface area contributed by atoms with Gasteiger partial charge in [-0.25, -0.2) is 4.98 Å². The lowest BCUT2D eigenvalue weighted by atomic mass is 9.94. The quantitative estimate of drug-likeness (QED) is 0.333. The van der Waals surface area contributed by atoms with Crippen molar-refractivity contribution in [1.82, 2.24) is 15.3 Å². The van der Waals surface area contributed by atoms with E-state index in [-0.39, 0.29) is 17.5 Å². The lowest BCUT2D eigenvalue weighted by molar-refractivity contribution is -0.384. The number of carbonyl (C=O) groups excluding carboxylic acids is 1. The number of hydrogen-bond donors (Lipinski definition) is 2. The van der Waals surface area contributed by atoms with Gasteiger partial charge >= 0.3 is 0 Å². The first-order chi connectivity index (χ1) is 15.1. The molecular weight excluding hydrogens is 392 g/mol. The summed E-state index contributed by atoms with van der Waals surface area (Å²) >= 11 is 0. The summed E-state index contributed by atoms with van der Waals surface area (Å²) < 4.78 is 0. The number of hydrogen-bond acceptors (Lipinski definition) is 4. The van der Waals surface area contributed by atoms with Crippen LogP contribution in [-0.2, 0) is 4.79 Å². The number of benzene rings is 3. The molecule has 0 saturated heterocycles. The van der Waals surface area contributed by atoms with E-state index >= 15 is 0 Å². The average molecular weight is 414 g/mol. The standard InChI is InChI=1S/C24H22N4O3/c1-2-19(16-9-5-3-6-10-16)24(29)27-22(17-11-7-4-8-12-17)23-25-20-14-13-18(28(30)31)15-21(20)26-23/h3-15,19,22H,2H2,1H3,(H,25,26)(H,27,29). The molecule has 2 N–H and O–H groups in total. The fourth-order valence-electron chi connectivity index (χ4n) is 3.72. The topological polar surface area (TPSA) is 101 Å². The highest BCUT2D eigenvalue weighted by Crippen LogP contribution is 2.27. The van der Waals surface area contributed by atoms with Crippen molar-refractivity contribution in [3.63, 3.8) is 0 Å². The van der Waals surface area contributed by atoms with E-state index in [1.807, 2.05) is 67.6 Å². The summed E-state index contributed by atoms with van der Waals surface area (Å²) in [6, 6.07) is 23.2. The fraction of sp³-hybridized carbons (Fsp3) is 0.167. The predicted molar refractivity (Wildman–Crippen MR) is 119 cm³/mol. The number of aromatic nitrogens is 2. The molecule has 3 aromatic carbocycles. The molecule has 7 nitrogen and oxygen atoms in total. The van der Waals surface area contributed by atoms with Gasteiger partial charge in [-0.05, 0) is 23.6 Å². The van der Waals surface area contributed by atoms with Crippen LogP contribution in [0.5, 0.6) is 0 Å². The number of amides is 1. The zero-order valence-corrected chi connectivity index (χ0v) is 17.0. The second-order valence-electron chi connectivity index (χ2n) is 7.30. The molecule has 0 fully saturated rings. The van der Waals surface area contributed by atoms with Gasteiger partial charge in [0.25, 0.3) is 5.69 Å². The van der Waals surface area contributed by atoms with Crippen LogP contribution in [0.2, 0.25) is 0 Å². The minimum atomic E-state index is -0.516. The normalized spacial score (nSPS) is 12.9. The van der Waals surface area contributed by atoms with Gasteiger partial charge in [0.2, 0.25) is 5.91 Å². The van der Waals surface area contributed by atoms with E-state index in [1.165, 1.54) is 12.1 Å². The number of nitro groups is 1. The molecule has 4 aromatic rings. The average Bonchev–Trinajstić information content (AvgIpc) is 3.22. The molecule has 0 aliphatic heterocycles. The number of fused-ring (bicyclic) bond motifs is 1. The Morgan fingerprint density at radius 2 is 1.68 bits per heavy atom. The van der Waals surface area contributed by atoms with Crippen molar-refractivity contribution in [1.29, 1.82) is 0 Å². The first kappa shape index (κ1) is 20.3. The number of nitro benzene ring substituents is 1. The van der Waals surface area contributed by atoms with Crippen molar-refractivity contribution >= 4 is 22.6 Å². The van der Waals surface area contributed by atoms with E-state index in [4.69, 9.17) is 0 Å². The van der Waals surface area contributed by atoms with Gasteiger partial charge in [0.1, 0.15) is 11.9 Å². The van der Waals surface area contributed by atoms with Crippen molar-refractivity contribution in [2.75, 3.05) is 0 Å². The number of H-pyrrole nitrogens is 1. The molecular formula is C24H22N4O3. The molecule has 0 aliphatic rings. The number of non-ortho nitro benzene ring substituents is 1. The Morgan fingerprint density at radius 1 is 1.03 bits per heavy atom. The Bertz CT molecular complexity index is 1210. The maximum Gasteiger partial charge on any atom is 0.271 e. The molecule has 0 spiro atoms. The van der Waals surface area contributed by atoms with Crippen LogP contribution in [0.1, 0.15) is 42.3 Å². The van der Waals surface area contributed by atoms with Crippen LogP contribution >= 0.6 is 0 Å². The third-order valence-corrected chi connectivity index (χ3v) is 5.31. The smallest absolute Gasteiger partial charge is 0.271 e. The Balaban J connectivity index is 1.71. The van der Waals surface area contributed by atoms with Crippen molar-refractivity contribution in [3.8, 4) is 0 Å². The monoisotopic (exact) mass is 414 g/mol. The Morgan fingerprint density at radius 3 is 2.29 bits per heavy atom. The van der Waals surface area contributed by atoms with Gasteiger partial charge in [-0.2, -0.15) is 0 Å². The molecule has 0 bridgehead atoms. The number of imidazole rings is 1. The Kier molecular flexibility index (Phi) is 5.75. The minimum Gasteiger partial charge on any atom is -0.342 e. The molecule has 2 atom stereocenters. The zero-order chi connectivity index (χ0) is 21.8. The molecule has 2 unspecified atom stereocenters. The van der Waals surface area contributed by atoms with Gasteiger partial charge in [-0.3, -0.25) is 14.9 Å². The third-order valence-electron chi connectivity index (χ3n) is 5.31. The van der Waals surface area contributed by atoms with Gasteiger partial charge in [0, 0.05) is 12.1 Å². The van der Waals surface area contributed by atoms with Gasteiger partial charge in [0.15, 0.2) is 0 Å². The predicted octanol–water partition coefficient (Wildman–Crippen LogP) is 4.87. The molecule has 156 valence electrons. The second-order valence-corrected chi connectivity index (χ2v) is 7.30. The van der Waals surface area contributed by atoms with Crippen molar-refractivity contribution in [2.45, 2.75) is 25.3 Å². The van der Waals surface area contributed by atoms with Crippen molar-refractivity contribution < 1.29 is 9.72 Å². The molecule has 0 saturated carbocycles. The van der Waals surface area contributed by atoms with Gasteiger partial charge in [-0.1, -0.05) is 67.6 Å². The van der Waals surface area contributed by atoms with E-state index in [9.17, 15) is 14.9 Å². The number of aromatic amines is 1. The fourth-order valence-corrected chi connectivity index (χ4v) is 3.72. The summed E-state index contributed by atoms with van der Waals surface area (Å²) in [6.07, 6.45) is 0.656. The Labute approximate surface area is 179 Å². The van der Waals surface area contributed by atoms with Crippen LogP contribution in [-0.4, -0.2) is 20.8 Å². The van der Waals surface area contributed by atoms with E-state index in [2.05, 4.69) is 15.3 Å². The van der Waals surface area contributed by atoms with Crippen LogP contribution in [0.25, 0.3) is 11.0 Å². The summed E-state index contributed by atoms with van der Waals surface area (Å²) in [5, 5.41) is 14.2. The Hall–Kier alpha value is -4.00. The first-order valence-corrected chi connectivity index (χ1v) is 10.1. The highest BCUT2D eigenvalue weighted by molar-refractivity contribution is 5.84. The summed E-state index contributed by atoms with van der Waals surface area (Å²) in [7, 11) is 0. The summed E-state index contributed by atoms with van der Waals surface area (Å²) in [6.45, 7) is 1.98. The molecule has 31 heavy (non-hydrogen) atoms. The minimum absolute atomic E-state index is 0.0156. The molecule has 4 rings (SSSR count). The van der Waals surface area contributed by atoms with E-state index in [0.717, 1.165) is 11.1 Å². The molecule has 0 aliphatic carbocycles. The number of nitrogens with zero attached hydrogens (tertiary/aromatic N) is 2. The van der Waals surface area contributed by atoms with Crippen molar-refractivity contribution in [2.24, 2.45) is 0 Å². The number of nitrogens with one attached hydrogen (secondary N) is 2. The van der Waals surface area contributed by atoms with Gasteiger partial charge < -0.3 is 10.3 Å². The lowest BCUT2D eigenvalue weighted by Crippen LogP contribution is -2.34. The zero-order valence-electron chi connectivity index (χ0n) is 17.0. The summed E-state index contributed by atoms with van der Waals surface area (Å²) in [4.78, 5) is 31.7. The summed E-state index contributed by atoms with van der Waals surface area (Å²) in [5.41, 5.74) is 2.96. The molecule has 1 amide bonds. The second kappa shape index (κ2) is 8.79. The van der Waals surface area contributed by atoms with Crippen LogP contribution < -0.4 is 5.32 Å². The molecule has 1 heterocycles. The lowest BCUT2D eigenvalue weighted by Gasteiger charge is -2.21. The number of rotatable bonds is 7.